The third kappa shape index (κ3) is 2.74. The molecule has 8 heteroatoms. The van der Waals surface area contributed by atoms with E-state index in [1.807, 2.05) is 0 Å². The van der Waals surface area contributed by atoms with Crippen LogP contribution in [-0.2, 0) is 4.79 Å². The molecule has 0 unspecified atom stereocenters. The summed E-state index contributed by atoms with van der Waals surface area (Å²) in [5.74, 6) is -1.66. The molecular weight excluding hydrogens is 357 g/mol. The molecular formula is C18H12FN3O3S. The van der Waals surface area contributed by atoms with Gasteiger partial charge in [0.2, 0.25) is 5.91 Å². The number of carbonyl (C=O) groups excluding carboxylic acids is 3. The Morgan fingerprint density at radius 3 is 2.42 bits per heavy atom. The lowest BCUT2D eigenvalue weighted by atomic mass is 10.1. The number of hydrogen-bond donors (Lipinski definition) is 1. The van der Waals surface area contributed by atoms with Gasteiger partial charge in [0.05, 0.1) is 15.8 Å². The molecule has 1 aliphatic heterocycles. The number of amides is 3. The Morgan fingerprint density at radius 1 is 1.08 bits per heavy atom. The van der Waals surface area contributed by atoms with Crippen molar-refractivity contribution >= 4 is 44.4 Å². The topological polar surface area (TPSA) is 79.4 Å². The summed E-state index contributed by atoms with van der Waals surface area (Å²) in [6, 6.07) is 11.1. The van der Waals surface area contributed by atoms with E-state index in [9.17, 15) is 18.8 Å². The van der Waals surface area contributed by atoms with E-state index in [0.29, 0.717) is 15.8 Å². The number of imide groups is 1. The minimum absolute atomic E-state index is 0.0303. The van der Waals surface area contributed by atoms with Gasteiger partial charge in [0.25, 0.3) is 11.8 Å². The molecule has 2 aromatic carbocycles. The van der Waals surface area contributed by atoms with Gasteiger partial charge < -0.3 is 5.32 Å². The number of benzene rings is 2. The lowest BCUT2D eigenvalue weighted by Crippen LogP contribution is -2.32. The van der Waals surface area contributed by atoms with Crippen molar-refractivity contribution in [3.63, 3.8) is 0 Å². The van der Waals surface area contributed by atoms with E-state index in [0.717, 1.165) is 16.2 Å². The Labute approximate surface area is 151 Å². The Hall–Kier alpha value is -3.13. The number of rotatable bonds is 4. The molecule has 3 aromatic rings. The highest BCUT2D eigenvalue weighted by Gasteiger charge is 2.34. The molecule has 2 heterocycles. The molecule has 26 heavy (non-hydrogen) atoms. The monoisotopic (exact) mass is 369 g/mol. The van der Waals surface area contributed by atoms with Crippen LogP contribution in [0.1, 0.15) is 27.1 Å². The molecule has 0 saturated heterocycles. The lowest BCUT2D eigenvalue weighted by molar-refractivity contribution is -0.116. The third-order valence-electron chi connectivity index (χ3n) is 4.06. The van der Waals surface area contributed by atoms with Gasteiger partial charge in [0.1, 0.15) is 11.3 Å². The van der Waals surface area contributed by atoms with Crippen molar-refractivity contribution in [1.82, 2.24) is 9.88 Å². The fourth-order valence-corrected chi connectivity index (χ4v) is 3.70. The maximum Gasteiger partial charge on any atom is 0.261 e. The number of nitrogens with zero attached hydrogens (tertiary/aromatic N) is 2. The fraction of sp³-hybridized carbons (Fsp3) is 0.111. The number of carbonyl (C=O) groups is 3. The summed E-state index contributed by atoms with van der Waals surface area (Å²) >= 11 is 1.16. The van der Waals surface area contributed by atoms with Gasteiger partial charge in [-0.05, 0) is 24.3 Å². The molecule has 0 fully saturated rings. The first-order valence-corrected chi connectivity index (χ1v) is 8.66. The van der Waals surface area contributed by atoms with Gasteiger partial charge >= 0.3 is 0 Å². The second-order valence-electron chi connectivity index (χ2n) is 5.71. The zero-order chi connectivity index (χ0) is 18.3. The van der Waals surface area contributed by atoms with Crippen LogP contribution < -0.4 is 5.32 Å². The SMILES string of the molecule is O=C(CCN1C(=O)c2ccccc2C1=O)Nc1nc2c(F)cccc2s1. The van der Waals surface area contributed by atoms with Crippen molar-refractivity contribution in [3.05, 3.63) is 59.4 Å². The molecule has 130 valence electrons. The number of halogens is 1. The first kappa shape index (κ1) is 16.3. The summed E-state index contributed by atoms with van der Waals surface area (Å²) in [6.07, 6.45) is -0.0656. The van der Waals surface area contributed by atoms with E-state index >= 15 is 0 Å². The van der Waals surface area contributed by atoms with Crippen LogP contribution in [0.25, 0.3) is 10.2 Å². The van der Waals surface area contributed by atoms with E-state index in [2.05, 4.69) is 10.3 Å². The van der Waals surface area contributed by atoms with E-state index in [1.165, 1.54) is 6.07 Å². The number of hydrogen-bond acceptors (Lipinski definition) is 5. The highest BCUT2D eigenvalue weighted by Crippen LogP contribution is 2.28. The first-order chi connectivity index (χ1) is 12.5. The number of thiazole rings is 1. The van der Waals surface area contributed by atoms with Gasteiger partial charge in [0.15, 0.2) is 5.13 Å². The summed E-state index contributed by atoms with van der Waals surface area (Å²) in [4.78, 5) is 41.8. The number of anilines is 1. The smallest absolute Gasteiger partial charge is 0.261 e. The Balaban J connectivity index is 1.42. The number of nitrogens with one attached hydrogen (secondary N) is 1. The maximum atomic E-state index is 13.7. The second-order valence-corrected chi connectivity index (χ2v) is 6.74. The molecule has 0 saturated carbocycles. The molecule has 1 aromatic heterocycles. The standard InChI is InChI=1S/C18H12FN3O3S/c19-12-6-3-7-13-15(12)21-18(26-13)20-14(23)8-9-22-16(24)10-4-1-2-5-11(10)17(22)25/h1-7H,8-9H2,(H,20,21,23). The molecule has 0 atom stereocenters. The van der Waals surface area contributed by atoms with Crippen molar-refractivity contribution < 1.29 is 18.8 Å². The lowest BCUT2D eigenvalue weighted by Gasteiger charge is -2.12. The largest absolute Gasteiger partial charge is 0.302 e. The van der Waals surface area contributed by atoms with Crippen LogP contribution in [0.4, 0.5) is 9.52 Å². The minimum atomic E-state index is -0.453. The van der Waals surface area contributed by atoms with E-state index < -0.39 is 23.5 Å². The Bertz CT molecular complexity index is 1030. The van der Waals surface area contributed by atoms with Crippen LogP contribution in [0, 0.1) is 5.82 Å². The van der Waals surface area contributed by atoms with Gasteiger partial charge in [-0.2, -0.15) is 0 Å². The third-order valence-corrected chi connectivity index (χ3v) is 4.99. The van der Waals surface area contributed by atoms with E-state index in [4.69, 9.17) is 0 Å². The predicted octanol–water partition coefficient (Wildman–Crippen LogP) is 3.06. The predicted molar refractivity (Wildman–Crippen MR) is 94.6 cm³/mol. The van der Waals surface area contributed by atoms with Crippen LogP contribution in [0.15, 0.2) is 42.5 Å². The summed E-state index contributed by atoms with van der Waals surface area (Å²) in [7, 11) is 0. The van der Waals surface area contributed by atoms with Crippen LogP contribution in [0.5, 0.6) is 0 Å². The molecule has 0 bridgehead atoms. The molecule has 4 rings (SSSR count). The zero-order valence-electron chi connectivity index (χ0n) is 13.4. The Kier molecular flexibility index (Phi) is 3.96. The quantitative estimate of drug-likeness (QED) is 0.717. The summed E-state index contributed by atoms with van der Waals surface area (Å²) in [5.41, 5.74) is 0.896. The number of para-hydroxylation sites is 1. The van der Waals surface area contributed by atoms with Crippen LogP contribution in [0.2, 0.25) is 0 Å². The number of fused-ring (bicyclic) bond motifs is 2. The van der Waals surface area contributed by atoms with Gasteiger partial charge in [-0.3, -0.25) is 19.3 Å². The minimum Gasteiger partial charge on any atom is -0.302 e. The molecule has 0 aliphatic carbocycles. The molecule has 0 radical (unpaired) electrons. The van der Waals surface area contributed by atoms with Crippen molar-refractivity contribution in [3.8, 4) is 0 Å². The highest BCUT2D eigenvalue weighted by atomic mass is 32.1. The van der Waals surface area contributed by atoms with Gasteiger partial charge in [-0.15, -0.1) is 0 Å². The average Bonchev–Trinajstić information content (AvgIpc) is 3.14. The van der Waals surface area contributed by atoms with Gasteiger partial charge in [0, 0.05) is 13.0 Å². The van der Waals surface area contributed by atoms with Crippen molar-refractivity contribution in [2.75, 3.05) is 11.9 Å². The van der Waals surface area contributed by atoms with Gasteiger partial charge in [-0.1, -0.05) is 29.5 Å². The van der Waals surface area contributed by atoms with Crippen molar-refractivity contribution in [1.29, 1.82) is 0 Å². The maximum absolute atomic E-state index is 13.7. The van der Waals surface area contributed by atoms with Crippen LogP contribution in [0.3, 0.4) is 0 Å². The molecule has 6 nitrogen and oxygen atoms in total. The van der Waals surface area contributed by atoms with Crippen molar-refractivity contribution in [2.24, 2.45) is 0 Å². The zero-order valence-corrected chi connectivity index (χ0v) is 14.2. The average molecular weight is 369 g/mol. The van der Waals surface area contributed by atoms with E-state index in [-0.39, 0.29) is 23.6 Å². The molecule has 1 N–H and O–H groups in total. The summed E-state index contributed by atoms with van der Waals surface area (Å²) in [5, 5.41) is 2.86. The fourth-order valence-electron chi connectivity index (χ4n) is 2.81. The highest BCUT2D eigenvalue weighted by molar-refractivity contribution is 7.22. The summed E-state index contributed by atoms with van der Waals surface area (Å²) < 4.78 is 14.3. The summed E-state index contributed by atoms with van der Waals surface area (Å²) in [6.45, 7) is -0.0303. The van der Waals surface area contributed by atoms with Crippen LogP contribution >= 0.6 is 11.3 Å². The van der Waals surface area contributed by atoms with E-state index in [1.54, 1.807) is 36.4 Å². The normalized spacial score (nSPS) is 13.3. The van der Waals surface area contributed by atoms with Crippen molar-refractivity contribution in [2.45, 2.75) is 6.42 Å². The molecule has 0 spiro atoms. The first-order valence-electron chi connectivity index (χ1n) is 7.85. The van der Waals surface area contributed by atoms with Crippen LogP contribution in [-0.4, -0.2) is 34.2 Å². The molecule has 1 aliphatic rings. The Morgan fingerprint density at radius 2 is 1.77 bits per heavy atom. The molecule has 3 amide bonds. The number of aromatic nitrogens is 1. The van der Waals surface area contributed by atoms with Gasteiger partial charge in [-0.25, -0.2) is 9.37 Å². The second kappa shape index (κ2) is 6.30.